The van der Waals surface area contributed by atoms with Crippen molar-refractivity contribution in [2.45, 2.75) is 25.5 Å². The molecule has 2 aromatic rings. The summed E-state index contributed by atoms with van der Waals surface area (Å²) in [4.78, 5) is 28.7. The van der Waals surface area contributed by atoms with Crippen molar-refractivity contribution in [1.29, 1.82) is 0 Å². The summed E-state index contributed by atoms with van der Waals surface area (Å²) in [7, 11) is 0. The molecule has 0 N–H and O–H groups in total. The number of anilines is 1. The van der Waals surface area contributed by atoms with Crippen LogP contribution in [0.5, 0.6) is 0 Å². The molecular formula is C21H21BrN2O3. The standard InChI is InChI=1S/C21H21BrN2O3/c22-16-8-9-18-19(11-16)24(21(26)20(18)25)14-23(13-17-7-4-10-27-17)12-15-5-2-1-3-6-15/h1-3,5-6,8-9,11,17H,4,7,10,12-14H2. The summed E-state index contributed by atoms with van der Waals surface area (Å²) in [5.41, 5.74) is 2.31. The van der Waals surface area contributed by atoms with Crippen molar-refractivity contribution in [2.24, 2.45) is 0 Å². The van der Waals surface area contributed by atoms with Crippen molar-refractivity contribution in [3.63, 3.8) is 0 Å². The fourth-order valence-electron chi connectivity index (χ4n) is 3.70. The van der Waals surface area contributed by atoms with E-state index in [1.165, 1.54) is 5.56 Å². The van der Waals surface area contributed by atoms with Gasteiger partial charge in [-0.1, -0.05) is 46.3 Å². The van der Waals surface area contributed by atoms with Crippen LogP contribution in [-0.4, -0.2) is 42.5 Å². The zero-order valence-electron chi connectivity index (χ0n) is 14.9. The Balaban J connectivity index is 1.58. The van der Waals surface area contributed by atoms with Crippen molar-refractivity contribution < 1.29 is 14.3 Å². The zero-order valence-corrected chi connectivity index (χ0v) is 16.5. The average Bonchev–Trinajstić information content (AvgIpc) is 3.25. The second-order valence-corrected chi connectivity index (χ2v) is 7.91. The lowest BCUT2D eigenvalue weighted by molar-refractivity contribution is -0.114. The number of hydrogen-bond donors (Lipinski definition) is 0. The molecule has 0 spiro atoms. The number of Topliss-reactive ketones (excluding diaryl/α,β-unsaturated/α-hetero) is 1. The van der Waals surface area contributed by atoms with Crippen LogP contribution in [0.1, 0.15) is 28.8 Å². The maximum atomic E-state index is 12.6. The molecule has 0 saturated carbocycles. The summed E-state index contributed by atoms with van der Waals surface area (Å²) in [5.74, 6) is -0.900. The summed E-state index contributed by atoms with van der Waals surface area (Å²) in [6.45, 7) is 2.59. The molecule has 1 unspecified atom stereocenters. The number of ketones is 1. The van der Waals surface area contributed by atoms with E-state index in [4.69, 9.17) is 4.74 Å². The number of amides is 1. The molecule has 4 rings (SSSR count). The summed E-state index contributed by atoms with van der Waals surface area (Å²) in [6.07, 6.45) is 2.27. The van der Waals surface area contributed by atoms with Gasteiger partial charge in [0.1, 0.15) is 0 Å². The highest BCUT2D eigenvalue weighted by atomic mass is 79.9. The molecule has 140 valence electrons. The van der Waals surface area contributed by atoms with Crippen molar-refractivity contribution in [3.8, 4) is 0 Å². The SMILES string of the molecule is O=C1C(=O)N(CN(Cc2ccccc2)CC2CCCO2)c2cc(Br)ccc21. The number of carbonyl (C=O) groups is 2. The first-order valence-electron chi connectivity index (χ1n) is 9.15. The number of ether oxygens (including phenoxy) is 1. The monoisotopic (exact) mass is 428 g/mol. The van der Waals surface area contributed by atoms with Gasteiger partial charge in [0.05, 0.1) is 24.0 Å². The Morgan fingerprint density at radius 3 is 2.70 bits per heavy atom. The molecule has 1 saturated heterocycles. The lowest BCUT2D eigenvalue weighted by Gasteiger charge is -2.30. The second-order valence-electron chi connectivity index (χ2n) is 7.00. The molecular weight excluding hydrogens is 408 g/mol. The van der Waals surface area contributed by atoms with Gasteiger partial charge in [0, 0.05) is 24.2 Å². The first-order chi connectivity index (χ1) is 13.1. The highest BCUT2D eigenvalue weighted by Gasteiger charge is 2.37. The van der Waals surface area contributed by atoms with Gasteiger partial charge in [-0.3, -0.25) is 19.4 Å². The third-order valence-corrected chi connectivity index (χ3v) is 5.50. The van der Waals surface area contributed by atoms with Crippen LogP contribution in [0.3, 0.4) is 0 Å². The smallest absolute Gasteiger partial charge is 0.300 e. The molecule has 0 radical (unpaired) electrons. The summed E-state index contributed by atoms with van der Waals surface area (Å²) in [5, 5.41) is 0. The summed E-state index contributed by atoms with van der Waals surface area (Å²) < 4.78 is 6.65. The largest absolute Gasteiger partial charge is 0.377 e. The van der Waals surface area contributed by atoms with Crippen LogP contribution in [0.4, 0.5) is 5.69 Å². The van der Waals surface area contributed by atoms with Gasteiger partial charge in [0.2, 0.25) is 0 Å². The lowest BCUT2D eigenvalue weighted by atomic mass is 10.1. The highest BCUT2D eigenvalue weighted by Crippen LogP contribution is 2.32. The second kappa shape index (κ2) is 7.92. The van der Waals surface area contributed by atoms with Crippen LogP contribution < -0.4 is 4.90 Å². The van der Waals surface area contributed by atoms with E-state index in [1.807, 2.05) is 24.3 Å². The number of fused-ring (bicyclic) bond motifs is 1. The molecule has 27 heavy (non-hydrogen) atoms. The molecule has 5 nitrogen and oxygen atoms in total. The van der Waals surface area contributed by atoms with E-state index in [-0.39, 0.29) is 6.10 Å². The molecule has 1 fully saturated rings. The predicted octanol–water partition coefficient (Wildman–Crippen LogP) is 3.62. The van der Waals surface area contributed by atoms with Crippen molar-refractivity contribution >= 4 is 33.3 Å². The maximum absolute atomic E-state index is 12.6. The van der Waals surface area contributed by atoms with Gasteiger partial charge in [0.15, 0.2) is 0 Å². The van der Waals surface area contributed by atoms with Crippen LogP contribution in [0.2, 0.25) is 0 Å². The van der Waals surface area contributed by atoms with E-state index < -0.39 is 11.7 Å². The third-order valence-electron chi connectivity index (χ3n) is 5.01. The molecule has 2 aromatic carbocycles. The van der Waals surface area contributed by atoms with Crippen LogP contribution in [0.25, 0.3) is 0 Å². The summed E-state index contributed by atoms with van der Waals surface area (Å²) >= 11 is 3.44. The molecule has 0 aromatic heterocycles. The number of halogens is 1. The Morgan fingerprint density at radius 2 is 1.96 bits per heavy atom. The topological polar surface area (TPSA) is 49.9 Å². The Bertz CT molecular complexity index is 850. The first-order valence-corrected chi connectivity index (χ1v) is 9.95. The van der Waals surface area contributed by atoms with Crippen LogP contribution in [-0.2, 0) is 16.1 Å². The summed E-state index contributed by atoms with van der Waals surface area (Å²) in [6, 6.07) is 15.5. The van der Waals surface area contributed by atoms with Gasteiger partial charge < -0.3 is 4.74 Å². The minimum Gasteiger partial charge on any atom is -0.377 e. The van der Waals surface area contributed by atoms with E-state index in [0.29, 0.717) is 24.5 Å². The van der Waals surface area contributed by atoms with E-state index in [1.54, 1.807) is 17.0 Å². The normalized spacial score (nSPS) is 19.2. The van der Waals surface area contributed by atoms with Crippen molar-refractivity contribution in [3.05, 3.63) is 64.1 Å². The fraction of sp³-hybridized carbons (Fsp3) is 0.333. The van der Waals surface area contributed by atoms with Gasteiger partial charge >= 0.3 is 5.91 Å². The fourth-order valence-corrected chi connectivity index (χ4v) is 4.05. The first kappa shape index (κ1) is 18.3. The van der Waals surface area contributed by atoms with Gasteiger partial charge in [0.25, 0.3) is 5.78 Å². The molecule has 6 heteroatoms. The van der Waals surface area contributed by atoms with E-state index in [2.05, 4.69) is 33.0 Å². The van der Waals surface area contributed by atoms with E-state index in [9.17, 15) is 9.59 Å². The Morgan fingerprint density at radius 1 is 1.15 bits per heavy atom. The van der Waals surface area contributed by atoms with Gasteiger partial charge in [-0.05, 0) is 36.6 Å². The zero-order chi connectivity index (χ0) is 18.8. The minimum atomic E-state index is -0.464. The maximum Gasteiger partial charge on any atom is 0.300 e. The number of nitrogens with zero attached hydrogens (tertiary/aromatic N) is 2. The van der Waals surface area contributed by atoms with Crippen LogP contribution in [0, 0.1) is 0 Å². The third kappa shape index (κ3) is 3.98. The number of benzene rings is 2. The quantitative estimate of drug-likeness (QED) is 0.659. The Kier molecular flexibility index (Phi) is 5.38. The molecule has 1 amide bonds. The minimum absolute atomic E-state index is 0.170. The van der Waals surface area contributed by atoms with Crippen LogP contribution in [0.15, 0.2) is 53.0 Å². The lowest BCUT2D eigenvalue weighted by Crippen LogP contribution is -2.43. The molecule has 2 heterocycles. The predicted molar refractivity (Wildman–Crippen MR) is 107 cm³/mol. The molecule has 2 aliphatic heterocycles. The van der Waals surface area contributed by atoms with E-state index in [0.717, 1.165) is 30.5 Å². The van der Waals surface area contributed by atoms with Gasteiger partial charge in [-0.15, -0.1) is 0 Å². The Hall–Kier alpha value is -2.02. The number of carbonyl (C=O) groups excluding carboxylic acids is 2. The van der Waals surface area contributed by atoms with Crippen molar-refractivity contribution in [2.75, 3.05) is 24.7 Å². The Labute approximate surface area is 167 Å². The molecule has 2 aliphatic rings. The van der Waals surface area contributed by atoms with Crippen molar-refractivity contribution in [1.82, 2.24) is 4.90 Å². The number of hydrogen-bond acceptors (Lipinski definition) is 4. The molecule has 0 bridgehead atoms. The van der Waals surface area contributed by atoms with Gasteiger partial charge in [-0.25, -0.2) is 0 Å². The molecule has 0 aliphatic carbocycles. The highest BCUT2D eigenvalue weighted by molar-refractivity contribution is 9.10. The number of rotatable bonds is 6. The van der Waals surface area contributed by atoms with Crippen LogP contribution >= 0.6 is 15.9 Å². The average molecular weight is 429 g/mol. The molecule has 1 atom stereocenters. The van der Waals surface area contributed by atoms with Gasteiger partial charge in [-0.2, -0.15) is 0 Å². The van der Waals surface area contributed by atoms with E-state index >= 15 is 0 Å².